The minimum atomic E-state index is -0.792. The van der Waals surface area contributed by atoms with Crippen molar-refractivity contribution in [2.45, 2.75) is 13.3 Å². The number of carboxylic acids is 1. The molecule has 0 heterocycles. The van der Waals surface area contributed by atoms with E-state index in [-0.39, 0.29) is 6.42 Å². The van der Waals surface area contributed by atoms with Crippen LogP contribution in [-0.2, 0) is 4.79 Å². The van der Waals surface area contributed by atoms with Gasteiger partial charge in [0.05, 0.1) is 6.42 Å². The van der Waals surface area contributed by atoms with Crippen LogP contribution < -0.4 is 0 Å². The molecule has 0 spiro atoms. The van der Waals surface area contributed by atoms with Crippen molar-refractivity contribution >= 4 is 82.6 Å². The molecule has 8 heteroatoms. The molecule has 0 aliphatic carbocycles. The third-order valence-electron chi connectivity index (χ3n) is 0.976. The first-order chi connectivity index (χ1) is 7.06. The van der Waals surface area contributed by atoms with Gasteiger partial charge >= 0.3 is 5.97 Å². The quantitative estimate of drug-likeness (QED) is 0.618. The van der Waals surface area contributed by atoms with Crippen molar-refractivity contribution in [1.29, 1.82) is 0 Å². The minimum Gasteiger partial charge on any atom is -0.481 e. The van der Waals surface area contributed by atoms with Crippen LogP contribution in [0.4, 0.5) is 0 Å². The van der Waals surface area contributed by atoms with Crippen molar-refractivity contribution in [3.05, 3.63) is 0 Å². The molecule has 0 radical (unpaired) electrons. The van der Waals surface area contributed by atoms with Gasteiger partial charge < -0.3 is 5.11 Å². The summed E-state index contributed by atoms with van der Waals surface area (Å²) in [7, 11) is 2.90. The maximum atomic E-state index is 10.2. The Bertz CT molecular complexity index is 242. The third kappa shape index (κ3) is 11.3. The molecule has 0 atom stereocenters. The van der Waals surface area contributed by atoms with Gasteiger partial charge in [0.1, 0.15) is 7.06 Å². The lowest BCUT2D eigenvalue weighted by Gasteiger charge is -2.01. The van der Waals surface area contributed by atoms with Crippen LogP contribution in [0.3, 0.4) is 0 Å². The molecule has 0 amide bonds. The number of rotatable bonds is 4. The fourth-order valence-electron chi connectivity index (χ4n) is 0.456. The lowest BCUT2D eigenvalue weighted by atomic mass is 10.5. The van der Waals surface area contributed by atoms with Gasteiger partial charge in [0.15, 0.2) is 0 Å². The molecule has 0 bridgehead atoms. The number of hydrogen-bond acceptors (Lipinski definition) is 7. The number of carbonyl (C=O) groups is 1. The van der Waals surface area contributed by atoms with E-state index >= 15 is 0 Å². The van der Waals surface area contributed by atoms with Gasteiger partial charge in [-0.2, -0.15) is 0 Å². The van der Waals surface area contributed by atoms with Gasteiger partial charge in [0.2, 0.25) is 0 Å². The Kier molecular flexibility index (Phi) is 10.9. The molecule has 0 saturated heterocycles. The summed E-state index contributed by atoms with van der Waals surface area (Å²) in [5, 5.41) is 8.42. The standard InChI is InChI=1S/C7H10O2S6/c1-2-12-6(10)14-15-7(11)13-4-3-5(8)9/h2-4H2,1H3,(H,8,9). The lowest BCUT2D eigenvalue weighted by Crippen LogP contribution is -1.96. The highest BCUT2D eigenvalue weighted by molar-refractivity contribution is 8.96. The molecule has 0 rings (SSSR count). The summed E-state index contributed by atoms with van der Waals surface area (Å²) in [5.41, 5.74) is 0. The van der Waals surface area contributed by atoms with Gasteiger partial charge in [-0.25, -0.2) is 0 Å². The third-order valence-corrected chi connectivity index (χ3v) is 7.43. The Morgan fingerprint density at radius 2 is 1.73 bits per heavy atom. The van der Waals surface area contributed by atoms with Crippen LogP contribution in [0.25, 0.3) is 0 Å². The second-order valence-electron chi connectivity index (χ2n) is 2.09. The lowest BCUT2D eigenvalue weighted by molar-refractivity contribution is -0.136. The van der Waals surface area contributed by atoms with Crippen molar-refractivity contribution in [3.63, 3.8) is 0 Å². The molecule has 86 valence electrons. The van der Waals surface area contributed by atoms with E-state index in [1.807, 2.05) is 6.92 Å². The summed E-state index contributed by atoms with van der Waals surface area (Å²) in [6, 6.07) is 0. The maximum absolute atomic E-state index is 10.2. The predicted molar refractivity (Wildman–Crippen MR) is 83.2 cm³/mol. The molecular formula is C7H10O2S6. The van der Waals surface area contributed by atoms with Crippen molar-refractivity contribution in [1.82, 2.24) is 0 Å². The average molecular weight is 319 g/mol. The van der Waals surface area contributed by atoms with Crippen molar-refractivity contribution in [2.75, 3.05) is 11.5 Å². The zero-order valence-electron chi connectivity index (χ0n) is 7.93. The van der Waals surface area contributed by atoms with Gasteiger partial charge in [-0.05, 0) is 27.3 Å². The Morgan fingerprint density at radius 1 is 1.20 bits per heavy atom. The smallest absolute Gasteiger partial charge is 0.304 e. The molecule has 0 fully saturated rings. The molecule has 15 heavy (non-hydrogen) atoms. The van der Waals surface area contributed by atoms with Gasteiger partial charge in [-0.15, -0.1) is 23.5 Å². The molecule has 0 aromatic carbocycles. The van der Waals surface area contributed by atoms with Crippen LogP contribution in [0.1, 0.15) is 13.3 Å². The molecule has 0 aromatic rings. The zero-order chi connectivity index (χ0) is 11.7. The van der Waals surface area contributed by atoms with E-state index in [4.69, 9.17) is 29.5 Å². The average Bonchev–Trinajstić information content (AvgIpc) is 2.14. The maximum Gasteiger partial charge on any atom is 0.304 e. The SMILES string of the molecule is CCSC(=S)SSC(=S)SCCC(=O)O. The highest BCUT2D eigenvalue weighted by Crippen LogP contribution is 2.34. The first-order valence-corrected chi connectivity index (χ1v) is 8.89. The minimum absolute atomic E-state index is 0.143. The largest absolute Gasteiger partial charge is 0.481 e. The molecule has 0 aromatic heterocycles. The Morgan fingerprint density at radius 3 is 2.20 bits per heavy atom. The highest BCUT2D eigenvalue weighted by atomic mass is 33.1. The molecule has 0 aliphatic heterocycles. The molecule has 0 unspecified atom stereocenters. The molecular weight excluding hydrogens is 308 g/mol. The predicted octanol–water partition coefficient (Wildman–Crippen LogP) is 3.90. The normalized spacial score (nSPS) is 9.93. The first-order valence-electron chi connectivity index (χ1n) is 3.96. The van der Waals surface area contributed by atoms with Crippen molar-refractivity contribution < 1.29 is 9.90 Å². The summed E-state index contributed by atoms with van der Waals surface area (Å²) in [5.74, 6) is 0.695. The van der Waals surface area contributed by atoms with Crippen molar-refractivity contribution in [3.8, 4) is 0 Å². The number of aliphatic carboxylic acids is 1. The van der Waals surface area contributed by atoms with E-state index in [1.54, 1.807) is 11.8 Å². The van der Waals surface area contributed by atoms with E-state index in [1.165, 1.54) is 33.3 Å². The van der Waals surface area contributed by atoms with Crippen LogP contribution in [0.2, 0.25) is 0 Å². The van der Waals surface area contributed by atoms with Crippen LogP contribution in [0.15, 0.2) is 0 Å². The molecule has 0 aliphatic rings. The fraction of sp³-hybridized carbons (Fsp3) is 0.571. The monoisotopic (exact) mass is 318 g/mol. The van der Waals surface area contributed by atoms with Gasteiger partial charge in [0.25, 0.3) is 0 Å². The Balaban J connectivity index is 3.49. The summed E-state index contributed by atoms with van der Waals surface area (Å²) in [6.45, 7) is 2.04. The molecule has 1 N–H and O–H groups in total. The van der Waals surface area contributed by atoms with Gasteiger partial charge in [-0.1, -0.05) is 31.4 Å². The number of carboxylic acid groups (broad SMARTS) is 1. The fourth-order valence-corrected chi connectivity index (χ4v) is 5.36. The van der Waals surface area contributed by atoms with Crippen molar-refractivity contribution in [2.24, 2.45) is 0 Å². The number of thiocarbonyl (C=S) groups is 2. The van der Waals surface area contributed by atoms with E-state index in [0.29, 0.717) is 5.75 Å². The van der Waals surface area contributed by atoms with Crippen LogP contribution in [0, 0.1) is 0 Å². The van der Waals surface area contributed by atoms with Gasteiger partial charge in [-0.3, -0.25) is 4.79 Å². The molecule has 0 saturated carbocycles. The highest BCUT2D eigenvalue weighted by Gasteiger charge is 2.04. The zero-order valence-corrected chi connectivity index (χ0v) is 12.8. The van der Waals surface area contributed by atoms with Gasteiger partial charge in [0, 0.05) is 5.75 Å². The van der Waals surface area contributed by atoms with Crippen LogP contribution in [-0.4, -0.2) is 29.6 Å². The number of hydrogen-bond donors (Lipinski definition) is 1. The first kappa shape index (κ1) is 16.1. The second-order valence-corrected chi connectivity index (χ2v) is 8.99. The Labute approximate surface area is 116 Å². The summed E-state index contributed by atoms with van der Waals surface area (Å²) < 4.78 is 1.60. The van der Waals surface area contributed by atoms with E-state index in [9.17, 15) is 4.79 Å². The summed E-state index contributed by atoms with van der Waals surface area (Å²) >= 11 is 13.1. The van der Waals surface area contributed by atoms with E-state index in [0.717, 1.165) is 12.8 Å². The van der Waals surface area contributed by atoms with E-state index < -0.39 is 5.97 Å². The summed E-state index contributed by atoms with van der Waals surface area (Å²) in [6.07, 6.45) is 0.143. The summed E-state index contributed by atoms with van der Waals surface area (Å²) in [4.78, 5) is 10.2. The van der Waals surface area contributed by atoms with Crippen LogP contribution >= 0.6 is 69.5 Å². The number of thioether (sulfide) groups is 2. The molecule has 2 nitrogen and oxygen atoms in total. The van der Waals surface area contributed by atoms with Crippen LogP contribution in [0.5, 0.6) is 0 Å². The topological polar surface area (TPSA) is 37.3 Å². The second kappa shape index (κ2) is 10.2. The van der Waals surface area contributed by atoms with E-state index in [2.05, 4.69) is 0 Å². The Hall–Kier alpha value is 1.05.